The van der Waals surface area contributed by atoms with Gasteiger partial charge in [0.25, 0.3) is 0 Å². The van der Waals surface area contributed by atoms with E-state index in [9.17, 15) is 18.0 Å². The molecule has 1 amide bonds. The fourth-order valence-electron chi connectivity index (χ4n) is 1.75. The first-order valence-electron chi connectivity index (χ1n) is 6.32. The summed E-state index contributed by atoms with van der Waals surface area (Å²) in [4.78, 5) is 15.8. The molecule has 0 saturated carbocycles. The Balaban J connectivity index is 1.88. The maximum atomic E-state index is 12.4. The van der Waals surface area contributed by atoms with Crippen LogP contribution in [-0.4, -0.2) is 10.9 Å². The lowest BCUT2D eigenvalue weighted by Gasteiger charge is -2.08. The van der Waals surface area contributed by atoms with Crippen LogP contribution in [-0.2, 0) is 17.4 Å². The highest BCUT2D eigenvalue weighted by Gasteiger charge is 2.29. The molecule has 2 rings (SSSR count). The number of rotatable bonds is 4. The van der Waals surface area contributed by atoms with Gasteiger partial charge in [0.15, 0.2) is 0 Å². The van der Waals surface area contributed by atoms with Gasteiger partial charge in [0.05, 0.1) is 5.56 Å². The number of hydrogen-bond donors (Lipinski definition) is 1. The van der Waals surface area contributed by atoms with Crippen molar-refractivity contribution in [3.8, 4) is 0 Å². The SMILES string of the molecule is O=C(CCc1ccccn1)Nc1ccc(C(F)(F)F)cc1. The minimum Gasteiger partial charge on any atom is -0.326 e. The van der Waals surface area contributed by atoms with Crippen LogP contribution < -0.4 is 5.32 Å². The van der Waals surface area contributed by atoms with Crippen LogP contribution in [0, 0.1) is 0 Å². The number of pyridine rings is 1. The molecule has 2 aromatic rings. The lowest BCUT2D eigenvalue weighted by molar-refractivity contribution is -0.137. The summed E-state index contributed by atoms with van der Waals surface area (Å²) in [7, 11) is 0. The second-order valence-corrected chi connectivity index (χ2v) is 4.44. The fourth-order valence-corrected chi connectivity index (χ4v) is 1.75. The standard InChI is InChI=1S/C15H13F3N2O/c16-15(17,18)11-4-6-13(7-5-11)20-14(21)9-8-12-3-1-2-10-19-12/h1-7,10H,8-9H2,(H,20,21). The molecule has 1 N–H and O–H groups in total. The lowest BCUT2D eigenvalue weighted by atomic mass is 10.2. The molecule has 1 aromatic carbocycles. The second kappa shape index (κ2) is 6.39. The van der Waals surface area contributed by atoms with E-state index in [0.717, 1.165) is 17.8 Å². The maximum absolute atomic E-state index is 12.4. The number of aryl methyl sites for hydroxylation is 1. The van der Waals surface area contributed by atoms with E-state index in [2.05, 4.69) is 10.3 Å². The van der Waals surface area contributed by atoms with E-state index in [1.807, 2.05) is 12.1 Å². The number of nitrogens with zero attached hydrogens (tertiary/aromatic N) is 1. The number of hydrogen-bond acceptors (Lipinski definition) is 2. The van der Waals surface area contributed by atoms with Crippen molar-refractivity contribution in [2.75, 3.05) is 5.32 Å². The molecule has 3 nitrogen and oxygen atoms in total. The van der Waals surface area contributed by atoms with E-state index in [-0.39, 0.29) is 12.3 Å². The summed E-state index contributed by atoms with van der Waals surface area (Å²) >= 11 is 0. The Morgan fingerprint density at radius 3 is 2.38 bits per heavy atom. The molecule has 0 bridgehead atoms. The van der Waals surface area contributed by atoms with E-state index in [1.54, 1.807) is 12.3 Å². The molecule has 0 saturated heterocycles. The Morgan fingerprint density at radius 2 is 1.81 bits per heavy atom. The third kappa shape index (κ3) is 4.59. The zero-order valence-electron chi connectivity index (χ0n) is 11.0. The first-order valence-corrected chi connectivity index (χ1v) is 6.32. The summed E-state index contributed by atoms with van der Waals surface area (Å²) in [5.74, 6) is -0.264. The number of amides is 1. The Bertz CT molecular complexity index is 595. The molecule has 21 heavy (non-hydrogen) atoms. The molecule has 6 heteroatoms. The van der Waals surface area contributed by atoms with Crippen LogP contribution in [0.15, 0.2) is 48.7 Å². The van der Waals surface area contributed by atoms with Crippen molar-refractivity contribution in [1.29, 1.82) is 0 Å². The molecule has 1 aromatic heterocycles. The topological polar surface area (TPSA) is 42.0 Å². The predicted octanol–water partition coefficient (Wildman–Crippen LogP) is 3.67. The molecule has 0 aliphatic rings. The van der Waals surface area contributed by atoms with E-state index >= 15 is 0 Å². The monoisotopic (exact) mass is 294 g/mol. The van der Waals surface area contributed by atoms with E-state index in [4.69, 9.17) is 0 Å². The first-order chi connectivity index (χ1) is 9.95. The second-order valence-electron chi connectivity index (χ2n) is 4.44. The average molecular weight is 294 g/mol. The van der Waals surface area contributed by atoms with Gasteiger partial charge >= 0.3 is 6.18 Å². The van der Waals surface area contributed by atoms with Gasteiger partial charge in [-0.15, -0.1) is 0 Å². The van der Waals surface area contributed by atoms with Gasteiger partial charge in [0.2, 0.25) is 5.91 Å². The summed E-state index contributed by atoms with van der Waals surface area (Å²) in [5.41, 5.74) is 0.392. The number of halogens is 3. The number of aromatic nitrogens is 1. The van der Waals surface area contributed by atoms with Crippen molar-refractivity contribution >= 4 is 11.6 Å². The predicted molar refractivity (Wildman–Crippen MR) is 72.6 cm³/mol. The maximum Gasteiger partial charge on any atom is 0.416 e. The number of benzene rings is 1. The van der Waals surface area contributed by atoms with Gasteiger partial charge in [0, 0.05) is 24.0 Å². The normalized spacial score (nSPS) is 11.2. The Hall–Kier alpha value is -2.37. The van der Waals surface area contributed by atoms with Crippen molar-refractivity contribution in [2.24, 2.45) is 0 Å². The number of carbonyl (C=O) groups is 1. The molecular weight excluding hydrogens is 281 g/mol. The zero-order valence-corrected chi connectivity index (χ0v) is 11.0. The van der Waals surface area contributed by atoms with Crippen LogP contribution in [0.1, 0.15) is 17.7 Å². The number of carbonyl (C=O) groups excluding carboxylic acids is 1. The van der Waals surface area contributed by atoms with Crippen molar-refractivity contribution in [3.05, 3.63) is 59.9 Å². The molecule has 110 valence electrons. The van der Waals surface area contributed by atoms with Crippen LogP contribution >= 0.6 is 0 Å². The van der Waals surface area contributed by atoms with Gasteiger partial charge in [-0.05, 0) is 42.8 Å². The van der Waals surface area contributed by atoms with Crippen molar-refractivity contribution < 1.29 is 18.0 Å². The summed E-state index contributed by atoms with van der Waals surface area (Å²) in [6.45, 7) is 0. The lowest BCUT2D eigenvalue weighted by Crippen LogP contribution is -2.13. The molecule has 0 aliphatic carbocycles. The largest absolute Gasteiger partial charge is 0.416 e. The first kappa shape index (κ1) is 15.0. The molecule has 0 spiro atoms. The minimum absolute atomic E-state index is 0.220. The van der Waals surface area contributed by atoms with Crippen molar-refractivity contribution in [2.45, 2.75) is 19.0 Å². The molecule has 0 fully saturated rings. The van der Waals surface area contributed by atoms with Crippen molar-refractivity contribution in [3.63, 3.8) is 0 Å². The summed E-state index contributed by atoms with van der Waals surface area (Å²) in [6, 6.07) is 9.78. The molecule has 0 atom stereocenters. The van der Waals surface area contributed by atoms with Gasteiger partial charge in [-0.3, -0.25) is 9.78 Å². The highest BCUT2D eigenvalue weighted by Crippen LogP contribution is 2.29. The Morgan fingerprint density at radius 1 is 1.10 bits per heavy atom. The van der Waals surface area contributed by atoms with Crippen LogP contribution in [0.5, 0.6) is 0 Å². The van der Waals surface area contributed by atoms with E-state index in [1.165, 1.54) is 12.1 Å². The van der Waals surface area contributed by atoms with Gasteiger partial charge in [0.1, 0.15) is 0 Å². The summed E-state index contributed by atoms with van der Waals surface area (Å²) in [5, 5.41) is 2.56. The number of alkyl halides is 3. The van der Waals surface area contributed by atoms with Gasteiger partial charge in [-0.25, -0.2) is 0 Å². The zero-order chi connectivity index (χ0) is 15.3. The quantitative estimate of drug-likeness (QED) is 0.934. The van der Waals surface area contributed by atoms with Gasteiger partial charge in [-0.2, -0.15) is 13.2 Å². The molecular formula is C15H13F3N2O. The summed E-state index contributed by atoms with van der Waals surface area (Å²) < 4.78 is 37.2. The smallest absolute Gasteiger partial charge is 0.326 e. The molecule has 0 aliphatic heterocycles. The van der Waals surface area contributed by atoms with E-state index < -0.39 is 11.7 Å². The third-order valence-corrected chi connectivity index (χ3v) is 2.83. The highest BCUT2D eigenvalue weighted by molar-refractivity contribution is 5.90. The average Bonchev–Trinajstić information content (AvgIpc) is 2.46. The third-order valence-electron chi connectivity index (χ3n) is 2.83. The molecule has 0 radical (unpaired) electrons. The summed E-state index contributed by atoms with van der Waals surface area (Å²) in [6.07, 6.45) is -2.03. The Kier molecular flexibility index (Phi) is 4.57. The number of nitrogens with one attached hydrogen (secondary N) is 1. The van der Waals surface area contributed by atoms with Crippen LogP contribution in [0.2, 0.25) is 0 Å². The highest BCUT2D eigenvalue weighted by atomic mass is 19.4. The van der Waals surface area contributed by atoms with Crippen molar-refractivity contribution in [1.82, 2.24) is 4.98 Å². The molecule has 0 unspecified atom stereocenters. The fraction of sp³-hybridized carbons (Fsp3) is 0.200. The van der Waals surface area contributed by atoms with E-state index in [0.29, 0.717) is 12.1 Å². The van der Waals surface area contributed by atoms with Gasteiger partial charge < -0.3 is 5.32 Å². The van der Waals surface area contributed by atoms with Crippen LogP contribution in [0.25, 0.3) is 0 Å². The minimum atomic E-state index is -4.37. The van der Waals surface area contributed by atoms with Crippen LogP contribution in [0.3, 0.4) is 0 Å². The van der Waals surface area contributed by atoms with Gasteiger partial charge in [-0.1, -0.05) is 6.07 Å². The van der Waals surface area contributed by atoms with Crippen LogP contribution in [0.4, 0.5) is 18.9 Å². The molecule has 1 heterocycles. The number of anilines is 1. The Labute approximate surface area is 119 Å².